The molecule has 4 nitrogen and oxygen atoms in total. The Labute approximate surface area is 130 Å². The largest absolute Gasteiger partial charge is 0.466 e. The number of esters is 1. The van der Waals surface area contributed by atoms with Gasteiger partial charge in [-0.25, -0.2) is 0 Å². The number of hydrogen-bond donors (Lipinski definition) is 0. The lowest BCUT2D eigenvalue weighted by molar-refractivity contribution is -0.142. The van der Waals surface area contributed by atoms with Gasteiger partial charge in [-0.1, -0.05) is 42.1 Å². The highest BCUT2D eigenvalue weighted by atomic mass is 79.9. The third-order valence-corrected chi connectivity index (χ3v) is 4.57. The summed E-state index contributed by atoms with van der Waals surface area (Å²) in [7, 11) is 0. The van der Waals surface area contributed by atoms with Crippen molar-refractivity contribution in [2.45, 2.75) is 77.3 Å². The molecule has 1 rings (SSSR count). The summed E-state index contributed by atoms with van der Waals surface area (Å²) in [5.74, 6) is -0.665. The molecule has 0 N–H and O–H groups in total. The summed E-state index contributed by atoms with van der Waals surface area (Å²) in [5, 5.41) is 0.704. The van der Waals surface area contributed by atoms with Gasteiger partial charge >= 0.3 is 5.97 Å². The summed E-state index contributed by atoms with van der Waals surface area (Å²) in [6, 6.07) is 0. The molecule has 118 valence electrons. The lowest BCUT2D eigenvalue weighted by Crippen LogP contribution is -2.28. The molecule has 0 aromatic heterocycles. The molecule has 0 amide bonds. The highest BCUT2D eigenvalue weighted by molar-refractivity contribution is 9.09. The molecule has 1 saturated heterocycles. The first-order chi connectivity index (χ1) is 9.50. The molecule has 0 bridgehead atoms. The molecule has 5 heteroatoms. The van der Waals surface area contributed by atoms with Crippen molar-refractivity contribution in [2.75, 3.05) is 11.9 Å². The summed E-state index contributed by atoms with van der Waals surface area (Å²) in [6.45, 7) is 6.12. The number of halogens is 1. The highest BCUT2D eigenvalue weighted by Crippen LogP contribution is 2.34. The van der Waals surface area contributed by atoms with Gasteiger partial charge in [-0.15, -0.1) is 0 Å². The van der Waals surface area contributed by atoms with Gasteiger partial charge in [0.05, 0.1) is 24.1 Å². The van der Waals surface area contributed by atoms with Crippen LogP contribution >= 0.6 is 15.9 Å². The molecule has 0 spiro atoms. The van der Waals surface area contributed by atoms with Crippen molar-refractivity contribution >= 4 is 21.9 Å². The molecule has 0 aromatic carbocycles. The van der Waals surface area contributed by atoms with Crippen LogP contribution in [0.4, 0.5) is 0 Å². The number of unbranched alkanes of at least 4 members (excludes halogenated alkanes) is 3. The minimum atomic E-state index is -0.472. The van der Waals surface area contributed by atoms with E-state index in [1.807, 2.05) is 6.92 Å². The lowest BCUT2D eigenvalue weighted by atomic mass is 10.0. The van der Waals surface area contributed by atoms with Gasteiger partial charge in [0.15, 0.2) is 5.79 Å². The monoisotopic (exact) mass is 350 g/mol. The first kappa shape index (κ1) is 17.9. The molecule has 1 aliphatic heterocycles. The fourth-order valence-corrected chi connectivity index (χ4v) is 2.76. The van der Waals surface area contributed by atoms with Crippen LogP contribution in [0.1, 0.15) is 59.3 Å². The zero-order valence-electron chi connectivity index (χ0n) is 12.8. The van der Waals surface area contributed by atoms with E-state index in [-0.39, 0.29) is 18.2 Å². The van der Waals surface area contributed by atoms with Gasteiger partial charge in [0.2, 0.25) is 0 Å². The third kappa shape index (κ3) is 6.10. The van der Waals surface area contributed by atoms with Crippen molar-refractivity contribution in [2.24, 2.45) is 0 Å². The van der Waals surface area contributed by atoms with Crippen molar-refractivity contribution in [3.63, 3.8) is 0 Å². The zero-order valence-corrected chi connectivity index (χ0v) is 14.4. The second-order valence-electron chi connectivity index (χ2n) is 5.53. The predicted octanol–water partition coefficient (Wildman–Crippen LogP) is 3.81. The SMILES string of the molecule is CCC1OC(C)(CBr)OC1CCCCCCOC(C)=O. The number of ether oxygens (including phenoxy) is 3. The minimum absolute atomic E-state index is 0.193. The van der Waals surface area contributed by atoms with E-state index in [4.69, 9.17) is 14.2 Å². The molecule has 20 heavy (non-hydrogen) atoms. The summed E-state index contributed by atoms with van der Waals surface area (Å²) in [5.41, 5.74) is 0. The van der Waals surface area contributed by atoms with Crippen LogP contribution in [-0.2, 0) is 19.0 Å². The van der Waals surface area contributed by atoms with E-state index in [0.29, 0.717) is 11.9 Å². The normalized spacial score (nSPS) is 29.6. The average Bonchev–Trinajstić information content (AvgIpc) is 2.75. The third-order valence-electron chi connectivity index (χ3n) is 3.55. The summed E-state index contributed by atoms with van der Waals surface area (Å²) < 4.78 is 16.9. The summed E-state index contributed by atoms with van der Waals surface area (Å²) in [4.78, 5) is 10.6. The Morgan fingerprint density at radius 2 is 1.85 bits per heavy atom. The Morgan fingerprint density at radius 1 is 1.20 bits per heavy atom. The van der Waals surface area contributed by atoms with Crippen molar-refractivity contribution in [1.82, 2.24) is 0 Å². The molecule has 3 unspecified atom stereocenters. The van der Waals surface area contributed by atoms with Crippen LogP contribution in [0.5, 0.6) is 0 Å². The van der Waals surface area contributed by atoms with E-state index < -0.39 is 5.79 Å². The maximum atomic E-state index is 10.6. The molecule has 0 aromatic rings. The van der Waals surface area contributed by atoms with Crippen molar-refractivity contribution < 1.29 is 19.0 Å². The van der Waals surface area contributed by atoms with Gasteiger partial charge in [0.25, 0.3) is 0 Å². The van der Waals surface area contributed by atoms with Gasteiger partial charge in [0.1, 0.15) is 0 Å². The maximum absolute atomic E-state index is 10.6. The Morgan fingerprint density at radius 3 is 2.45 bits per heavy atom. The smallest absolute Gasteiger partial charge is 0.302 e. The van der Waals surface area contributed by atoms with Crippen molar-refractivity contribution in [3.05, 3.63) is 0 Å². The predicted molar refractivity (Wildman–Crippen MR) is 82.0 cm³/mol. The Bertz CT molecular complexity index is 298. The van der Waals surface area contributed by atoms with E-state index in [9.17, 15) is 4.79 Å². The number of rotatable bonds is 9. The Balaban J connectivity index is 2.13. The topological polar surface area (TPSA) is 44.8 Å². The number of carbonyl (C=O) groups excluding carboxylic acids is 1. The maximum Gasteiger partial charge on any atom is 0.302 e. The van der Waals surface area contributed by atoms with Crippen molar-refractivity contribution in [3.8, 4) is 0 Å². The van der Waals surface area contributed by atoms with E-state index in [1.165, 1.54) is 6.92 Å². The minimum Gasteiger partial charge on any atom is -0.466 e. The quantitative estimate of drug-likeness (QED) is 0.360. The van der Waals surface area contributed by atoms with E-state index in [0.717, 1.165) is 38.5 Å². The van der Waals surface area contributed by atoms with Crippen LogP contribution in [0.2, 0.25) is 0 Å². The molecule has 1 fully saturated rings. The number of alkyl halides is 1. The first-order valence-electron chi connectivity index (χ1n) is 7.55. The van der Waals surface area contributed by atoms with Gasteiger partial charge in [-0.3, -0.25) is 4.79 Å². The van der Waals surface area contributed by atoms with E-state index >= 15 is 0 Å². The van der Waals surface area contributed by atoms with E-state index in [1.54, 1.807) is 0 Å². The molecule has 1 heterocycles. The first-order valence-corrected chi connectivity index (χ1v) is 8.68. The fourth-order valence-electron chi connectivity index (χ4n) is 2.49. The second-order valence-corrected chi connectivity index (χ2v) is 6.09. The van der Waals surface area contributed by atoms with Crippen LogP contribution in [0, 0.1) is 0 Å². The molecule has 0 aliphatic carbocycles. The highest BCUT2D eigenvalue weighted by Gasteiger charge is 2.42. The number of carbonyl (C=O) groups is 1. The molecular weight excluding hydrogens is 324 g/mol. The van der Waals surface area contributed by atoms with Crippen LogP contribution in [0.25, 0.3) is 0 Å². The lowest BCUT2D eigenvalue weighted by Gasteiger charge is -2.20. The van der Waals surface area contributed by atoms with Crippen LogP contribution in [-0.4, -0.2) is 35.9 Å². The van der Waals surface area contributed by atoms with Crippen molar-refractivity contribution in [1.29, 1.82) is 0 Å². The van der Waals surface area contributed by atoms with Gasteiger partial charge in [-0.2, -0.15) is 0 Å². The average molecular weight is 351 g/mol. The molecule has 0 saturated carbocycles. The second kappa shape index (κ2) is 9.00. The summed E-state index contributed by atoms with van der Waals surface area (Å²) in [6.07, 6.45) is 6.74. The Kier molecular flexibility index (Phi) is 8.07. The van der Waals surface area contributed by atoms with Crippen LogP contribution in [0.15, 0.2) is 0 Å². The van der Waals surface area contributed by atoms with Gasteiger partial charge in [-0.05, 0) is 26.2 Å². The molecule has 0 radical (unpaired) electrons. The van der Waals surface area contributed by atoms with Gasteiger partial charge < -0.3 is 14.2 Å². The molecule has 3 atom stereocenters. The summed E-state index contributed by atoms with van der Waals surface area (Å²) >= 11 is 3.45. The van der Waals surface area contributed by atoms with E-state index in [2.05, 4.69) is 22.9 Å². The molecule has 1 aliphatic rings. The fraction of sp³-hybridized carbons (Fsp3) is 0.933. The number of hydrogen-bond acceptors (Lipinski definition) is 4. The van der Waals surface area contributed by atoms with Crippen LogP contribution in [0.3, 0.4) is 0 Å². The van der Waals surface area contributed by atoms with Crippen LogP contribution < -0.4 is 0 Å². The molecular formula is C15H27BrO4. The Hall–Kier alpha value is -0.130. The standard InChI is InChI=1S/C15H27BrO4/c1-4-13-14(20-15(3,11-16)19-13)9-7-5-6-8-10-18-12(2)17/h13-14H,4-11H2,1-3H3. The van der Waals surface area contributed by atoms with Gasteiger partial charge in [0, 0.05) is 6.92 Å². The zero-order chi connectivity index (χ0) is 15.0.